The molecule has 1 N–H and O–H groups in total. The molecule has 0 bridgehead atoms. The summed E-state index contributed by atoms with van der Waals surface area (Å²) in [5, 5.41) is 2.83. The van der Waals surface area contributed by atoms with Crippen LogP contribution in [0.15, 0.2) is 42.5 Å². The van der Waals surface area contributed by atoms with E-state index in [1.54, 1.807) is 45.4 Å². The lowest BCUT2D eigenvalue weighted by Crippen LogP contribution is -2.51. The highest BCUT2D eigenvalue weighted by atomic mass is 32.2. The van der Waals surface area contributed by atoms with Gasteiger partial charge in [0, 0.05) is 6.54 Å². The van der Waals surface area contributed by atoms with Crippen molar-refractivity contribution in [2.45, 2.75) is 19.4 Å². The summed E-state index contributed by atoms with van der Waals surface area (Å²) < 4.78 is 42.6. The number of sulfonamides is 1. The molecule has 3 rings (SSSR count). The Hall–Kier alpha value is -2.94. The minimum atomic E-state index is -3.53. The highest BCUT2D eigenvalue weighted by Crippen LogP contribution is 2.35. The Morgan fingerprint density at radius 2 is 1.90 bits per heavy atom. The van der Waals surface area contributed by atoms with Crippen LogP contribution in [0.3, 0.4) is 0 Å². The number of hydrogen-bond donors (Lipinski definition) is 1. The lowest BCUT2D eigenvalue weighted by Gasteiger charge is -2.34. The molecule has 2 aromatic rings. The average molecular weight is 435 g/mol. The molecule has 2 aromatic carbocycles. The van der Waals surface area contributed by atoms with Crippen LogP contribution in [0.1, 0.15) is 12.5 Å². The lowest BCUT2D eigenvalue weighted by molar-refractivity contribution is -0.127. The van der Waals surface area contributed by atoms with Crippen LogP contribution in [0.25, 0.3) is 0 Å². The van der Waals surface area contributed by atoms with Crippen LogP contribution in [0.5, 0.6) is 17.2 Å². The predicted octanol–water partition coefficient (Wildman–Crippen LogP) is 1.98. The number of anilines is 1. The smallest absolute Gasteiger partial charge is 0.263 e. The van der Waals surface area contributed by atoms with E-state index < -0.39 is 16.1 Å². The van der Waals surface area contributed by atoms with Crippen LogP contribution in [-0.4, -0.2) is 53.5 Å². The average Bonchev–Trinajstić information content (AvgIpc) is 2.77. The number of carbonyl (C=O) groups excluding carboxylic acids is 1. The van der Waals surface area contributed by atoms with E-state index in [9.17, 15) is 13.2 Å². The van der Waals surface area contributed by atoms with Crippen molar-refractivity contribution in [3.05, 3.63) is 48.0 Å². The van der Waals surface area contributed by atoms with E-state index in [1.807, 2.05) is 18.2 Å². The second-order valence-corrected chi connectivity index (χ2v) is 8.92. The van der Waals surface area contributed by atoms with Gasteiger partial charge >= 0.3 is 0 Å². The molecular formula is C21H26N2O6S. The van der Waals surface area contributed by atoms with Gasteiger partial charge < -0.3 is 19.5 Å². The Labute approximate surface area is 176 Å². The zero-order valence-corrected chi connectivity index (χ0v) is 18.1. The van der Waals surface area contributed by atoms with E-state index in [-0.39, 0.29) is 18.2 Å². The maximum atomic E-state index is 12.7. The van der Waals surface area contributed by atoms with E-state index in [0.29, 0.717) is 35.9 Å². The quantitative estimate of drug-likeness (QED) is 0.683. The number of para-hydroxylation sites is 2. The predicted molar refractivity (Wildman–Crippen MR) is 114 cm³/mol. The zero-order valence-electron chi connectivity index (χ0n) is 17.3. The van der Waals surface area contributed by atoms with Gasteiger partial charge in [-0.25, -0.2) is 8.42 Å². The van der Waals surface area contributed by atoms with Gasteiger partial charge in [-0.15, -0.1) is 0 Å². The number of nitrogens with zero attached hydrogens (tertiary/aromatic N) is 1. The van der Waals surface area contributed by atoms with Crippen molar-refractivity contribution in [1.82, 2.24) is 5.32 Å². The second kappa shape index (κ2) is 9.25. The molecule has 9 heteroatoms. The molecule has 0 aliphatic carbocycles. The molecular weight excluding hydrogens is 408 g/mol. The van der Waals surface area contributed by atoms with E-state index in [0.717, 1.165) is 5.56 Å². The van der Waals surface area contributed by atoms with Crippen LogP contribution in [-0.2, 0) is 21.2 Å². The Bertz CT molecular complexity index is 1010. The molecule has 1 aliphatic heterocycles. The molecule has 1 aliphatic rings. The topological polar surface area (TPSA) is 94.2 Å². The fourth-order valence-electron chi connectivity index (χ4n) is 3.24. The van der Waals surface area contributed by atoms with Crippen LogP contribution >= 0.6 is 0 Å². The maximum Gasteiger partial charge on any atom is 0.263 e. The molecule has 1 atom stereocenters. The summed E-state index contributed by atoms with van der Waals surface area (Å²) in [6, 6.07) is 12.4. The largest absolute Gasteiger partial charge is 0.493 e. The van der Waals surface area contributed by atoms with Gasteiger partial charge in [-0.05, 0) is 43.2 Å². The first-order valence-corrected chi connectivity index (χ1v) is 11.2. The summed E-state index contributed by atoms with van der Waals surface area (Å²) in [5.41, 5.74) is 1.42. The highest BCUT2D eigenvalue weighted by Gasteiger charge is 2.35. The Kier molecular flexibility index (Phi) is 6.71. The van der Waals surface area contributed by atoms with Gasteiger partial charge in [-0.1, -0.05) is 18.2 Å². The molecule has 1 heterocycles. The van der Waals surface area contributed by atoms with Crippen molar-refractivity contribution in [3.63, 3.8) is 0 Å². The number of amides is 1. The Morgan fingerprint density at radius 3 is 2.60 bits per heavy atom. The van der Waals surface area contributed by atoms with Gasteiger partial charge in [0.25, 0.3) is 5.91 Å². The van der Waals surface area contributed by atoms with Gasteiger partial charge in [0.1, 0.15) is 5.75 Å². The number of ether oxygens (including phenoxy) is 3. The van der Waals surface area contributed by atoms with E-state index in [4.69, 9.17) is 14.2 Å². The van der Waals surface area contributed by atoms with Crippen molar-refractivity contribution in [3.8, 4) is 17.2 Å². The molecule has 0 fully saturated rings. The van der Waals surface area contributed by atoms with Gasteiger partial charge in [0.05, 0.1) is 32.2 Å². The van der Waals surface area contributed by atoms with Gasteiger partial charge in [-0.2, -0.15) is 0 Å². The third kappa shape index (κ3) is 4.62. The van der Waals surface area contributed by atoms with Crippen LogP contribution in [0, 0.1) is 0 Å². The molecule has 0 saturated carbocycles. The van der Waals surface area contributed by atoms with Crippen molar-refractivity contribution in [2.75, 3.05) is 37.4 Å². The summed E-state index contributed by atoms with van der Waals surface area (Å²) in [6.45, 7) is 1.89. The highest BCUT2D eigenvalue weighted by molar-refractivity contribution is 7.92. The maximum absolute atomic E-state index is 12.7. The Balaban J connectivity index is 1.66. The summed E-state index contributed by atoms with van der Waals surface area (Å²) >= 11 is 0. The normalized spacial score (nSPS) is 15.7. The summed E-state index contributed by atoms with van der Waals surface area (Å²) in [5.74, 6) is 1.21. The van der Waals surface area contributed by atoms with E-state index in [2.05, 4.69) is 5.32 Å². The zero-order chi connectivity index (χ0) is 21.7. The van der Waals surface area contributed by atoms with Crippen molar-refractivity contribution >= 4 is 21.6 Å². The fraction of sp³-hybridized carbons (Fsp3) is 0.381. The molecule has 8 nitrogen and oxygen atoms in total. The van der Waals surface area contributed by atoms with E-state index >= 15 is 0 Å². The van der Waals surface area contributed by atoms with Gasteiger partial charge in [-0.3, -0.25) is 9.10 Å². The Morgan fingerprint density at radius 1 is 1.17 bits per heavy atom. The number of nitrogens with one attached hydrogen (secondary N) is 1. The van der Waals surface area contributed by atoms with Gasteiger partial charge in [0.15, 0.2) is 17.6 Å². The van der Waals surface area contributed by atoms with E-state index in [1.165, 1.54) is 4.31 Å². The number of fused-ring (bicyclic) bond motifs is 1. The van der Waals surface area contributed by atoms with Crippen LogP contribution < -0.4 is 23.8 Å². The second-order valence-electron chi connectivity index (χ2n) is 6.74. The van der Waals surface area contributed by atoms with Crippen molar-refractivity contribution in [2.24, 2.45) is 0 Å². The molecule has 0 spiro atoms. The lowest BCUT2D eigenvalue weighted by atomic mass is 10.1. The first-order valence-electron chi connectivity index (χ1n) is 9.64. The third-order valence-corrected chi connectivity index (χ3v) is 6.64. The third-order valence-electron chi connectivity index (χ3n) is 4.89. The molecule has 0 unspecified atom stereocenters. The molecule has 0 aromatic heterocycles. The molecule has 1 amide bonds. The molecule has 0 saturated heterocycles. The minimum Gasteiger partial charge on any atom is -0.493 e. The summed E-state index contributed by atoms with van der Waals surface area (Å²) in [4.78, 5) is 12.7. The fourth-order valence-corrected chi connectivity index (χ4v) is 4.36. The SMILES string of the molecule is CCS(=O)(=O)N1C[C@@H](C(=O)NCCc2ccc(OC)c(OC)c2)Oc2ccccc21. The number of benzene rings is 2. The monoisotopic (exact) mass is 434 g/mol. The number of rotatable bonds is 8. The molecule has 0 radical (unpaired) electrons. The van der Waals surface area contributed by atoms with Crippen molar-refractivity contribution in [1.29, 1.82) is 0 Å². The standard InChI is InChI=1S/C21H26N2O6S/c1-4-30(25,26)23-14-20(29-17-8-6-5-7-16(17)23)21(24)22-12-11-15-9-10-18(27-2)19(13-15)28-3/h5-10,13,20H,4,11-12,14H2,1-3H3,(H,22,24)/t20-/m0/s1. The van der Waals surface area contributed by atoms with Crippen LogP contribution in [0.4, 0.5) is 5.69 Å². The molecule has 30 heavy (non-hydrogen) atoms. The number of hydrogen-bond acceptors (Lipinski definition) is 6. The summed E-state index contributed by atoms with van der Waals surface area (Å²) in [7, 11) is -0.393. The summed E-state index contributed by atoms with van der Waals surface area (Å²) in [6.07, 6.45) is -0.349. The number of methoxy groups -OCH3 is 2. The first kappa shape index (κ1) is 21.8. The number of carbonyl (C=O) groups is 1. The molecule has 162 valence electrons. The van der Waals surface area contributed by atoms with Crippen molar-refractivity contribution < 1.29 is 27.4 Å². The van der Waals surface area contributed by atoms with Crippen LogP contribution in [0.2, 0.25) is 0 Å². The van der Waals surface area contributed by atoms with Gasteiger partial charge in [0.2, 0.25) is 10.0 Å². The minimum absolute atomic E-state index is 0.0601. The first-order chi connectivity index (χ1) is 14.4.